The smallest absolute Gasteiger partial charge is 0.332 e. The maximum atomic E-state index is 11.2. The Bertz CT molecular complexity index is 491. The Morgan fingerprint density at radius 3 is 2.79 bits per heavy atom. The van der Waals surface area contributed by atoms with Gasteiger partial charge in [-0.3, -0.25) is 10.1 Å². The lowest BCUT2D eigenvalue weighted by Crippen LogP contribution is -2.35. The fraction of sp³-hybridized carbons (Fsp3) is 0.667. The second-order valence-corrected chi connectivity index (χ2v) is 5.01. The van der Waals surface area contributed by atoms with E-state index in [9.17, 15) is 10.1 Å². The molecule has 0 bridgehead atoms. The summed E-state index contributed by atoms with van der Waals surface area (Å²) in [5.74, 6) is 1.39. The van der Waals surface area contributed by atoms with E-state index < -0.39 is 0 Å². The SMILES string of the molecule is CNc1nc(C)c([N+](=O)[O-])c(N2CCCC(C)C2)n1. The summed E-state index contributed by atoms with van der Waals surface area (Å²) in [5, 5.41) is 14.1. The van der Waals surface area contributed by atoms with E-state index in [-0.39, 0.29) is 10.6 Å². The van der Waals surface area contributed by atoms with E-state index in [1.165, 1.54) is 0 Å². The van der Waals surface area contributed by atoms with Crippen LogP contribution in [0.5, 0.6) is 0 Å². The van der Waals surface area contributed by atoms with Gasteiger partial charge < -0.3 is 10.2 Å². The van der Waals surface area contributed by atoms with Gasteiger partial charge in [0, 0.05) is 20.1 Å². The molecule has 1 saturated heterocycles. The molecular weight excluding hydrogens is 246 g/mol. The highest BCUT2D eigenvalue weighted by Crippen LogP contribution is 2.32. The molecule has 0 saturated carbocycles. The molecule has 0 aliphatic carbocycles. The van der Waals surface area contributed by atoms with Gasteiger partial charge in [-0.2, -0.15) is 4.98 Å². The Labute approximate surface area is 112 Å². The van der Waals surface area contributed by atoms with Gasteiger partial charge in [-0.15, -0.1) is 0 Å². The average molecular weight is 265 g/mol. The number of anilines is 2. The fourth-order valence-corrected chi connectivity index (χ4v) is 2.48. The van der Waals surface area contributed by atoms with Crippen molar-refractivity contribution in [2.45, 2.75) is 26.7 Å². The zero-order valence-electron chi connectivity index (χ0n) is 11.5. The minimum atomic E-state index is -0.386. The number of nitro groups is 1. The molecule has 7 nitrogen and oxygen atoms in total. The van der Waals surface area contributed by atoms with Crippen molar-refractivity contribution in [1.82, 2.24) is 9.97 Å². The number of hydrogen-bond acceptors (Lipinski definition) is 6. The molecule has 0 spiro atoms. The van der Waals surface area contributed by atoms with Crippen molar-refractivity contribution >= 4 is 17.5 Å². The molecule has 1 aromatic heterocycles. The highest BCUT2D eigenvalue weighted by Gasteiger charge is 2.28. The molecule has 2 rings (SSSR count). The monoisotopic (exact) mass is 265 g/mol. The summed E-state index contributed by atoms with van der Waals surface area (Å²) >= 11 is 0. The van der Waals surface area contributed by atoms with Crippen LogP contribution in [0.1, 0.15) is 25.5 Å². The van der Waals surface area contributed by atoms with E-state index in [0.29, 0.717) is 23.4 Å². The molecule has 1 fully saturated rings. The summed E-state index contributed by atoms with van der Waals surface area (Å²) in [6, 6.07) is 0. The quantitative estimate of drug-likeness (QED) is 0.664. The molecule has 1 N–H and O–H groups in total. The van der Waals surface area contributed by atoms with Gasteiger partial charge >= 0.3 is 5.69 Å². The van der Waals surface area contributed by atoms with E-state index in [2.05, 4.69) is 22.2 Å². The number of aromatic nitrogens is 2. The average Bonchev–Trinajstić information content (AvgIpc) is 2.37. The Balaban J connectivity index is 2.46. The van der Waals surface area contributed by atoms with Gasteiger partial charge in [0.15, 0.2) is 0 Å². The van der Waals surface area contributed by atoms with Crippen molar-refractivity contribution in [3.05, 3.63) is 15.8 Å². The summed E-state index contributed by atoms with van der Waals surface area (Å²) < 4.78 is 0. The topological polar surface area (TPSA) is 84.2 Å². The molecule has 104 valence electrons. The summed E-state index contributed by atoms with van der Waals surface area (Å²) in [5.41, 5.74) is 0.422. The minimum Gasteiger partial charge on any atom is -0.357 e. The van der Waals surface area contributed by atoms with Gasteiger partial charge in [0.25, 0.3) is 0 Å². The van der Waals surface area contributed by atoms with Crippen LogP contribution in [0.15, 0.2) is 0 Å². The number of aryl methyl sites for hydroxylation is 1. The van der Waals surface area contributed by atoms with Crippen LogP contribution in [0.4, 0.5) is 17.5 Å². The molecule has 0 amide bonds. The number of piperidine rings is 1. The lowest BCUT2D eigenvalue weighted by Gasteiger charge is -2.31. The number of nitrogens with one attached hydrogen (secondary N) is 1. The largest absolute Gasteiger partial charge is 0.357 e. The first-order valence-electron chi connectivity index (χ1n) is 6.48. The molecule has 7 heteroatoms. The normalized spacial score (nSPS) is 19.3. The van der Waals surface area contributed by atoms with E-state index in [1.54, 1.807) is 14.0 Å². The van der Waals surface area contributed by atoms with Crippen LogP contribution in [0.25, 0.3) is 0 Å². The van der Waals surface area contributed by atoms with E-state index in [0.717, 1.165) is 25.9 Å². The van der Waals surface area contributed by atoms with Gasteiger partial charge in [-0.1, -0.05) is 6.92 Å². The zero-order chi connectivity index (χ0) is 14.0. The van der Waals surface area contributed by atoms with Gasteiger partial charge in [0.05, 0.1) is 4.92 Å². The lowest BCUT2D eigenvalue weighted by molar-refractivity contribution is -0.385. The number of nitrogens with zero attached hydrogens (tertiary/aromatic N) is 4. The molecular formula is C12H19N5O2. The molecule has 1 unspecified atom stereocenters. The molecule has 1 atom stereocenters. The van der Waals surface area contributed by atoms with Crippen LogP contribution >= 0.6 is 0 Å². The Morgan fingerprint density at radius 2 is 2.21 bits per heavy atom. The van der Waals surface area contributed by atoms with Crippen molar-refractivity contribution in [2.75, 3.05) is 30.4 Å². The van der Waals surface area contributed by atoms with Crippen LogP contribution in [0.3, 0.4) is 0 Å². The summed E-state index contributed by atoms with van der Waals surface area (Å²) in [6.07, 6.45) is 2.20. The van der Waals surface area contributed by atoms with Crippen LogP contribution in [-0.2, 0) is 0 Å². The first-order chi connectivity index (χ1) is 9.02. The number of rotatable bonds is 3. The van der Waals surface area contributed by atoms with Crippen molar-refractivity contribution in [1.29, 1.82) is 0 Å². The van der Waals surface area contributed by atoms with Crippen LogP contribution in [0, 0.1) is 23.0 Å². The molecule has 0 radical (unpaired) electrons. The minimum absolute atomic E-state index is 0.0214. The second-order valence-electron chi connectivity index (χ2n) is 5.01. The Hall–Kier alpha value is -1.92. The summed E-state index contributed by atoms with van der Waals surface area (Å²) in [7, 11) is 1.71. The van der Waals surface area contributed by atoms with Gasteiger partial charge in [0.1, 0.15) is 5.69 Å². The molecule has 1 aliphatic heterocycles. The third-order valence-corrected chi connectivity index (χ3v) is 3.40. The first kappa shape index (κ1) is 13.5. The van der Waals surface area contributed by atoms with Crippen LogP contribution in [-0.4, -0.2) is 35.0 Å². The molecule has 0 aromatic carbocycles. The molecule has 1 aromatic rings. The summed E-state index contributed by atoms with van der Waals surface area (Å²) in [4.78, 5) is 21.3. The Morgan fingerprint density at radius 1 is 1.47 bits per heavy atom. The predicted molar refractivity (Wildman–Crippen MR) is 73.6 cm³/mol. The Kier molecular flexibility index (Phi) is 3.82. The van der Waals surface area contributed by atoms with E-state index in [1.807, 2.05) is 4.90 Å². The van der Waals surface area contributed by atoms with Gasteiger partial charge in [0.2, 0.25) is 11.8 Å². The van der Waals surface area contributed by atoms with Gasteiger partial charge in [-0.05, 0) is 25.7 Å². The van der Waals surface area contributed by atoms with Crippen LogP contribution in [0.2, 0.25) is 0 Å². The second kappa shape index (κ2) is 5.38. The van der Waals surface area contributed by atoms with Gasteiger partial charge in [-0.25, -0.2) is 4.98 Å². The summed E-state index contributed by atoms with van der Waals surface area (Å²) in [6.45, 7) is 5.42. The highest BCUT2D eigenvalue weighted by atomic mass is 16.6. The fourth-order valence-electron chi connectivity index (χ4n) is 2.48. The van der Waals surface area contributed by atoms with E-state index in [4.69, 9.17) is 0 Å². The lowest BCUT2D eigenvalue weighted by atomic mass is 10.0. The third-order valence-electron chi connectivity index (χ3n) is 3.40. The molecule has 2 heterocycles. The maximum Gasteiger partial charge on any atom is 0.332 e. The van der Waals surface area contributed by atoms with Crippen LogP contribution < -0.4 is 10.2 Å². The van der Waals surface area contributed by atoms with Crippen molar-refractivity contribution < 1.29 is 4.92 Å². The first-order valence-corrected chi connectivity index (χ1v) is 6.48. The predicted octanol–water partition coefficient (Wildman–Crippen LogP) is 1.97. The maximum absolute atomic E-state index is 11.2. The molecule has 19 heavy (non-hydrogen) atoms. The highest BCUT2D eigenvalue weighted by molar-refractivity contribution is 5.62. The zero-order valence-corrected chi connectivity index (χ0v) is 11.5. The number of hydrogen-bond donors (Lipinski definition) is 1. The standard InChI is InChI=1S/C12H19N5O2/c1-8-5-4-6-16(7-8)11-10(17(18)19)9(2)14-12(13-3)15-11/h8H,4-7H2,1-3H3,(H,13,14,15). The molecule has 1 aliphatic rings. The van der Waals surface area contributed by atoms with Crippen molar-refractivity contribution in [3.63, 3.8) is 0 Å². The van der Waals surface area contributed by atoms with Crippen molar-refractivity contribution in [3.8, 4) is 0 Å². The third kappa shape index (κ3) is 2.74. The van der Waals surface area contributed by atoms with E-state index >= 15 is 0 Å². The van der Waals surface area contributed by atoms with Crippen molar-refractivity contribution in [2.24, 2.45) is 5.92 Å².